The second-order valence-electron chi connectivity index (χ2n) is 4.25. The summed E-state index contributed by atoms with van der Waals surface area (Å²) in [4.78, 5) is 13.7. The summed E-state index contributed by atoms with van der Waals surface area (Å²) in [6.45, 7) is 5.19. The molecule has 2 atom stereocenters. The zero-order valence-corrected chi connectivity index (χ0v) is 8.95. The van der Waals surface area contributed by atoms with Gasteiger partial charge in [0.05, 0.1) is 19.1 Å². The van der Waals surface area contributed by atoms with Crippen LogP contribution in [0.4, 0.5) is 0 Å². The van der Waals surface area contributed by atoms with Crippen LogP contribution in [-0.2, 0) is 9.53 Å². The molecule has 0 aromatic heterocycles. The van der Waals surface area contributed by atoms with E-state index in [-0.39, 0.29) is 17.9 Å². The van der Waals surface area contributed by atoms with Crippen LogP contribution in [0.1, 0.15) is 6.42 Å². The van der Waals surface area contributed by atoms with Crippen LogP contribution in [-0.4, -0.2) is 56.2 Å². The molecular weight excluding hydrogens is 194 g/mol. The fourth-order valence-corrected chi connectivity index (χ4v) is 1.81. The van der Waals surface area contributed by atoms with Gasteiger partial charge in [-0.25, -0.2) is 0 Å². The molecule has 2 aliphatic rings. The molecule has 0 bridgehead atoms. The number of rotatable bonds is 4. The first-order valence-electron chi connectivity index (χ1n) is 5.61. The minimum absolute atomic E-state index is 0.0784. The molecule has 5 nitrogen and oxygen atoms in total. The number of nitrogens with one attached hydrogen (secondary N) is 1. The maximum Gasteiger partial charge on any atom is 0.224 e. The van der Waals surface area contributed by atoms with Gasteiger partial charge in [0.25, 0.3) is 0 Å². The molecule has 15 heavy (non-hydrogen) atoms. The average molecular weight is 213 g/mol. The maximum atomic E-state index is 11.4. The van der Waals surface area contributed by atoms with Crippen LogP contribution in [0.15, 0.2) is 0 Å². The minimum Gasteiger partial charge on any atom is -0.379 e. The summed E-state index contributed by atoms with van der Waals surface area (Å²) in [5.41, 5.74) is 5.59. The molecule has 86 valence electrons. The first kappa shape index (κ1) is 10.9. The van der Waals surface area contributed by atoms with Gasteiger partial charge in [-0.15, -0.1) is 0 Å². The van der Waals surface area contributed by atoms with E-state index in [1.54, 1.807) is 0 Å². The predicted molar refractivity (Wildman–Crippen MR) is 56.4 cm³/mol. The summed E-state index contributed by atoms with van der Waals surface area (Å²) in [6.07, 6.45) is 0.851. The molecule has 1 saturated carbocycles. The lowest BCUT2D eigenvalue weighted by atomic mass is 10.3. The van der Waals surface area contributed by atoms with Gasteiger partial charge in [0.2, 0.25) is 5.91 Å². The maximum absolute atomic E-state index is 11.4. The third kappa shape index (κ3) is 3.15. The summed E-state index contributed by atoms with van der Waals surface area (Å²) in [6, 6.07) is 0.105. The van der Waals surface area contributed by atoms with Gasteiger partial charge in [0, 0.05) is 32.2 Å². The molecule has 2 unspecified atom stereocenters. The Morgan fingerprint density at radius 2 is 2.13 bits per heavy atom. The molecular formula is C10H19N3O2. The lowest BCUT2D eigenvalue weighted by Gasteiger charge is -2.26. The van der Waals surface area contributed by atoms with E-state index in [1.165, 1.54) is 0 Å². The molecule has 5 heteroatoms. The molecule has 0 aromatic carbocycles. The van der Waals surface area contributed by atoms with Crippen LogP contribution in [0.2, 0.25) is 0 Å². The highest BCUT2D eigenvalue weighted by Gasteiger charge is 2.39. The number of hydrogen-bond donors (Lipinski definition) is 2. The third-order valence-electron chi connectivity index (χ3n) is 3.01. The van der Waals surface area contributed by atoms with Gasteiger partial charge < -0.3 is 15.8 Å². The molecule has 0 spiro atoms. The van der Waals surface area contributed by atoms with Crippen molar-refractivity contribution in [2.75, 3.05) is 39.4 Å². The van der Waals surface area contributed by atoms with Crippen molar-refractivity contribution in [3.8, 4) is 0 Å². The Balaban J connectivity index is 1.56. The monoisotopic (exact) mass is 213 g/mol. The molecule has 0 aromatic rings. The molecule has 1 amide bonds. The van der Waals surface area contributed by atoms with Crippen molar-refractivity contribution in [3.05, 3.63) is 0 Å². The zero-order chi connectivity index (χ0) is 10.7. The Morgan fingerprint density at radius 1 is 1.47 bits per heavy atom. The fourth-order valence-electron chi connectivity index (χ4n) is 1.81. The van der Waals surface area contributed by atoms with Gasteiger partial charge in [-0.1, -0.05) is 0 Å². The number of carbonyl (C=O) groups excluding carboxylic acids is 1. The second-order valence-corrected chi connectivity index (χ2v) is 4.25. The number of carbonyl (C=O) groups is 1. The van der Waals surface area contributed by atoms with Gasteiger partial charge in [-0.2, -0.15) is 0 Å². The van der Waals surface area contributed by atoms with Gasteiger partial charge in [-0.3, -0.25) is 9.69 Å². The molecule has 1 heterocycles. The van der Waals surface area contributed by atoms with Gasteiger partial charge >= 0.3 is 0 Å². The fraction of sp³-hybridized carbons (Fsp3) is 0.900. The Bertz CT molecular complexity index is 229. The Kier molecular flexibility index (Phi) is 3.56. The van der Waals surface area contributed by atoms with Crippen molar-refractivity contribution in [3.63, 3.8) is 0 Å². The van der Waals surface area contributed by atoms with E-state index in [0.717, 1.165) is 45.8 Å². The average Bonchev–Trinajstić information content (AvgIpc) is 2.97. The third-order valence-corrected chi connectivity index (χ3v) is 3.01. The van der Waals surface area contributed by atoms with E-state index in [4.69, 9.17) is 10.5 Å². The van der Waals surface area contributed by atoms with Crippen molar-refractivity contribution in [1.29, 1.82) is 0 Å². The molecule has 0 radical (unpaired) electrons. The Morgan fingerprint density at radius 3 is 2.73 bits per heavy atom. The number of hydrogen-bond acceptors (Lipinski definition) is 4. The zero-order valence-electron chi connectivity index (χ0n) is 8.95. The van der Waals surface area contributed by atoms with Crippen molar-refractivity contribution in [2.45, 2.75) is 12.5 Å². The van der Waals surface area contributed by atoms with E-state index in [1.807, 2.05) is 0 Å². The van der Waals surface area contributed by atoms with Crippen molar-refractivity contribution >= 4 is 5.91 Å². The highest BCUT2D eigenvalue weighted by Crippen LogP contribution is 2.27. The summed E-state index contributed by atoms with van der Waals surface area (Å²) in [5.74, 6) is 0.199. The smallest absolute Gasteiger partial charge is 0.224 e. The van der Waals surface area contributed by atoms with Gasteiger partial charge in [-0.05, 0) is 6.42 Å². The largest absolute Gasteiger partial charge is 0.379 e. The molecule has 2 fully saturated rings. The predicted octanol–water partition coefficient (Wildman–Crippen LogP) is -1.22. The Hall–Kier alpha value is -0.650. The highest BCUT2D eigenvalue weighted by molar-refractivity contribution is 5.82. The van der Waals surface area contributed by atoms with Gasteiger partial charge in [0.1, 0.15) is 0 Å². The number of nitrogens with two attached hydrogens (primary N) is 1. The molecule has 3 N–H and O–H groups in total. The van der Waals surface area contributed by atoms with Gasteiger partial charge in [0.15, 0.2) is 0 Å². The summed E-state index contributed by atoms with van der Waals surface area (Å²) >= 11 is 0. The first-order valence-corrected chi connectivity index (χ1v) is 5.61. The van der Waals surface area contributed by atoms with E-state index in [2.05, 4.69) is 10.2 Å². The first-order chi connectivity index (χ1) is 7.27. The number of morpholine rings is 1. The lowest BCUT2D eigenvalue weighted by molar-refractivity contribution is -0.122. The molecule has 1 saturated heterocycles. The number of amides is 1. The van der Waals surface area contributed by atoms with Crippen LogP contribution in [0.5, 0.6) is 0 Å². The molecule has 2 rings (SSSR count). The number of ether oxygens (including phenoxy) is 1. The summed E-state index contributed by atoms with van der Waals surface area (Å²) < 4.78 is 5.24. The Labute approximate surface area is 89.9 Å². The summed E-state index contributed by atoms with van der Waals surface area (Å²) in [7, 11) is 0. The standard InChI is InChI=1S/C10H19N3O2/c11-9-7-8(9)10(14)12-1-2-13-3-5-15-6-4-13/h8-9H,1-7,11H2,(H,12,14). The van der Waals surface area contributed by atoms with E-state index in [9.17, 15) is 4.79 Å². The van der Waals surface area contributed by atoms with Crippen molar-refractivity contribution < 1.29 is 9.53 Å². The highest BCUT2D eigenvalue weighted by atomic mass is 16.5. The van der Waals surface area contributed by atoms with Crippen LogP contribution in [0.3, 0.4) is 0 Å². The normalized spacial score (nSPS) is 31.3. The number of nitrogens with zero attached hydrogens (tertiary/aromatic N) is 1. The molecule has 1 aliphatic carbocycles. The topological polar surface area (TPSA) is 67.6 Å². The summed E-state index contributed by atoms with van der Waals surface area (Å²) in [5, 5.41) is 2.92. The van der Waals surface area contributed by atoms with E-state index in [0.29, 0.717) is 0 Å². The van der Waals surface area contributed by atoms with Crippen molar-refractivity contribution in [1.82, 2.24) is 10.2 Å². The molecule has 1 aliphatic heterocycles. The quantitative estimate of drug-likeness (QED) is 0.614. The lowest BCUT2D eigenvalue weighted by Crippen LogP contribution is -2.41. The van der Waals surface area contributed by atoms with Crippen LogP contribution in [0.25, 0.3) is 0 Å². The van der Waals surface area contributed by atoms with Crippen molar-refractivity contribution in [2.24, 2.45) is 11.7 Å². The second kappa shape index (κ2) is 4.92. The van der Waals surface area contributed by atoms with Crippen LogP contribution >= 0.6 is 0 Å². The SMILES string of the molecule is NC1CC1C(=O)NCCN1CCOCC1. The van der Waals surface area contributed by atoms with Crippen LogP contribution < -0.4 is 11.1 Å². The van der Waals surface area contributed by atoms with E-state index >= 15 is 0 Å². The van der Waals surface area contributed by atoms with Crippen LogP contribution in [0, 0.1) is 5.92 Å². The minimum atomic E-state index is 0.0784. The van der Waals surface area contributed by atoms with E-state index < -0.39 is 0 Å².